The Balaban J connectivity index is 2.59. The normalized spacial score (nSPS) is 10.7. The van der Waals surface area contributed by atoms with Crippen molar-refractivity contribution >= 4 is 44.7 Å². The van der Waals surface area contributed by atoms with Crippen LogP contribution in [0.5, 0.6) is 0 Å². The number of amides is 2. The molecule has 0 saturated carbocycles. The lowest BCUT2D eigenvalue weighted by Gasteiger charge is -2.12. The first kappa shape index (κ1) is 17.2. The summed E-state index contributed by atoms with van der Waals surface area (Å²) in [5.74, 6) is -0.659. The molecule has 0 bridgehead atoms. The van der Waals surface area contributed by atoms with Gasteiger partial charge >= 0.3 is 12.0 Å². The lowest BCUT2D eigenvalue weighted by molar-refractivity contribution is -0.0771. The van der Waals surface area contributed by atoms with E-state index < -0.39 is 12.0 Å². The van der Waals surface area contributed by atoms with Gasteiger partial charge in [-0.05, 0) is 35.8 Å². The molecule has 23 heavy (non-hydrogen) atoms. The van der Waals surface area contributed by atoms with Crippen LogP contribution in [-0.2, 0) is 9.57 Å². The first-order chi connectivity index (χ1) is 10.9. The van der Waals surface area contributed by atoms with Gasteiger partial charge in [-0.1, -0.05) is 0 Å². The van der Waals surface area contributed by atoms with Gasteiger partial charge in [-0.2, -0.15) is 0 Å². The molecule has 0 saturated heterocycles. The van der Waals surface area contributed by atoms with Crippen LogP contribution in [0, 0.1) is 6.92 Å². The molecule has 0 aliphatic carbocycles. The number of nitrogens with zero attached hydrogens (tertiary/aromatic N) is 2. The van der Waals surface area contributed by atoms with E-state index in [1.165, 1.54) is 14.2 Å². The number of halogens is 1. The summed E-state index contributed by atoms with van der Waals surface area (Å²) in [6.45, 7) is 3.66. The number of carbonyl (C=O) groups is 2. The van der Waals surface area contributed by atoms with Gasteiger partial charge in [-0.15, -0.1) is 0 Å². The number of ether oxygens (including phenoxy) is 1. The molecule has 1 N–H and O–H groups in total. The van der Waals surface area contributed by atoms with Crippen LogP contribution in [0.25, 0.3) is 11.1 Å². The van der Waals surface area contributed by atoms with E-state index >= 15 is 0 Å². The average Bonchev–Trinajstić information content (AvgIpc) is 2.84. The fraction of sp³-hybridized carbons (Fsp3) is 0.357. The predicted molar refractivity (Wildman–Crippen MR) is 86.2 cm³/mol. The second kappa shape index (κ2) is 6.97. The third kappa shape index (κ3) is 3.45. The third-order valence-electron chi connectivity index (χ3n) is 3.07. The minimum Gasteiger partial charge on any atom is -0.450 e. The van der Waals surface area contributed by atoms with Crippen molar-refractivity contribution in [2.75, 3.05) is 26.1 Å². The average molecular weight is 386 g/mol. The highest BCUT2D eigenvalue weighted by Gasteiger charge is 2.26. The van der Waals surface area contributed by atoms with Crippen LogP contribution in [0.4, 0.5) is 10.5 Å². The molecule has 124 valence electrons. The van der Waals surface area contributed by atoms with Crippen LogP contribution in [0.15, 0.2) is 15.0 Å². The molecule has 0 atom stereocenters. The van der Waals surface area contributed by atoms with E-state index in [1.54, 1.807) is 19.9 Å². The van der Waals surface area contributed by atoms with Gasteiger partial charge in [0.1, 0.15) is 5.69 Å². The Kier molecular flexibility index (Phi) is 5.22. The fourth-order valence-corrected chi connectivity index (χ4v) is 2.17. The molecule has 0 aromatic carbocycles. The van der Waals surface area contributed by atoms with Gasteiger partial charge in [0.2, 0.25) is 11.5 Å². The zero-order chi connectivity index (χ0) is 17.1. The van der Waals surface area contributed by atoms with E-state index in [9.17, 15) is 9.59 Å². The van der Waals surface area contributed by atoms with Crippen LogP contribution in [0.1, 0.15) is 23.2 Å². The highest BCUT2D eigenvalue weighted by molar-refractivity contribution is 9.10. The molecule has 2 heterocycles. The smallest absolute Gasteiger partial charge is 0.411 e. The van der Waals surface area contributed by atoms with E-state index in [4.69, 9.17) is 14.0 Å². The molecule has 0 radical (unpaired) electrons. The fourth-order valence-electron chi connectivity index (χ4n) is 1.86. The number of furan rings is 1. The van der Waals surface area contributed by atoms with Crippen molar-refractivity contribution in [3.8, 4) is 0 Å². The Labute approximate surface area is 140 Å². The molecule has 2 amide bonds. The number of pyridine rings is 1. The molecule has 0 fully saturated rings. The van der Waals surface area contributed by atoms with Crippen LogP contribution in [0.2, 0.25) is 0 Å². The minimum absolute atomic E-state index is 0.0950. The number of hydroxylamine groups is 2. The zero-order valence-corrected chi connectivity index (χ0v) is 14.7. The Morgan fingerprint density at radius 2 is 2.17 bits per heavy atom. The molecule has 0 spiro atoms. The van der Waals surface area contributed by atoms with E-state index in [2.05, 4.69) is 26.2 Å². The highest BCUT2D eigenvalue weighted by Crippen LogP contribution is 2.33. The summed E-state index contributed by atoms with van der Waals surface area (Å²) in [4.78, 5) is 33.2. The Bertz CT molecular complexity index is 758. The van der Waals surface area contributed by atoms with Crippen LogP contribution < -0.4 is 5.32 Å². The summed E-state index contributed by atoms with van der Waals surface area (Å²) in [6.07, 6.45) is -0.694. The maximum absolute atomic E-state index is 12.4. The van der Waals surface area contributed by atoms with E-state index in [0.717, 1.165) is 9.54 Å². The van der Waals surface area contributed by atoms with Crippen molar-refractivity contribution in [1.29, 1.82) is 0 Å². The Morgan fingerprint density at radius 3 is 2.78 bits per heavy atom. The summed E-state index contributed by atoms with van der Waals surface area (Å²) >= 11 is 3.37. The van der Waals surface area contributed by atoms with E-state index in [-0.39, 0.29) is 23.8 Å². The maximum Gasteiger partial charge on any atom is 0.411 e. The first-order valence-corrected chi connectivity index (χ1v) is 7.53. The first-order valence-electron chi connectivity index (χ1n) is 6.74. The van der Waals surface area contributed by atoms with E-state index in [0.29, 0.717) is 11.1 Å². The topological polar surface area (TPSA) is 93.9 Å². The van der Waals surface area contributed by atoms with Crippen molar-refractivity contribution in [1.82, 2.24) is 10.0 Å². The number of nitrogens with one attached hydrogen (secondary N) is 1. The number of aromatic nitrogens is 1. The van der Waals surface area contributed by atoms with Crippen LogP contribution >= 0.6 is 15.9 Å². The monoisotopic (exact) mass is 385 g/mol. The lowest BCUT2D eigenvalue weighted by atomic mass is 10.2. The Morgan fingerprint density at radius 1 is 1.48 bits per heavy atom. The van der Waals surface area contributed by atoms with Crippen molar-refractivity contribution in [3.05, 3.63) is 22.0 Å². The van der Waals surface area contributed by atoms with Gasteiger partial charge in [0.25, 0.3) is 0 Å². The van der Waals surface area contributed by atoms with E-state index in [1.807, 2.05) is 0 Å². The molecule has 0 aliphatic heterocycles. The minimum atomic E-state index is -0.694. The van der Waals surface area contributed by atoms with Crippen molar-refractivity contribution in [3.63, 3.8) is 0 Å². The predicted octanol–water partition coefficient (Wildman–Crippen LogP) is 3.10. The summed E-state index contributed by atoms with van der Waals surface area (Å²) in [7, 11) is 2.77. The number of rotatable bonds is 4. The largest absolute Gasteiger partial charge is 0.450 e. The SMILES string of the molecule is CCOC(=O)Nc1c(C(=O)N(C)OC)oc2nc(C)c(Br)cc12. The molecule has 2 rings (SSSR count). The van der Waals surface area contributed by atoms with Gasteiger partial charge in [-0.25, -0.2) is 14.8 Å². The maximum atomic E-state index is 12.4. The second-order valence-corrected chi connectivity index (χ2v) is 5.40. The summed E-state index contributed by atoms with van der Waals surface area (Å²) in [5, 5.41) is 3.98. The summed E-state index contributed by atoms with van der Waals surface area (Å²) in [6, 6.07) is 1.71. The molecule has 2 aromatic rings. The third-order valence-corrected chi connectivity index (χ3v) is 3.87. The van der Waals surface area contributed by atoms with Gasteiger partial charge in [0.05, 0.1) is 24.8 Å². The number of fused-ring (bicyclic) bond motifs is 1. The standard InChI is InChI=1S/C14H16BrN3O5/c1-5-22-14(20)17-10-8-6-9(15)7(2)16-12(8)23-11(10)13(19)18(3)21-4/h6H,5H2,1-4H3,(H,17,20). The zero-order valence-electron chi connectivity index (χ0n) is 13.1. The lowest BCUT2D eigenvalue weighted by Crippen LogP contribution is -2.26. The van der Waals surface area contributed by atoms with Crippen LogP contribution in [0.3, 0.4) is 0 Å². The van der Waals surface area contributed by atoms with Crippen molar-refractivity contribution < 1.29 is 23.6 Å². The highest BCUT2D eigenvalue weighted by atomic mass is 79.9. The van der Waals surface area contributed by atoms with Crippen LogP contribution in [-0.4, -0.2) is 42.8 Å². The van der Waals surface area contributed by atoms with Gasteiger partial charge in [0, 0.05) is 11.5 Å². The second-order valence-electron chi connectivity index (χ2n) is 4.55. The number of anilines is 1. The molecular formula is C14H16BrN3O5. The summed E-state index contributed by atoms with van der Waals surface area (Å²) in [5.41, 5.74) is 1.10. The molecular weight excluding hydrogens is 370 g/mol. The molecule has 9 heteroatoms. The Hall–Kier alpha value is -2.13. The molecule has 8 nitrogen and oxygen atoms in total. The number of carbonyl (C=O) groups excluding carboxylic acids is 2. The molecule has 0 aliphatic rings. The quantitative estimate of drug-likeness (QED) is 0.812. The number of aryl methyl sites for hydroxylation is 1. The van der Waals surface area contributed by atoms with Gasteiger partial charge in [0.15, 0.2) is 0 Å². The molecule has 2 aromatic heterocycles. The number of hydrogen-bond donors (Lipinski definition) is 1. The van der Waals surface area contributed by atoms with Gasteiger partial charge < -0.3 is 9.15 Å². The van der Waals surface area contributed by atoms with Crippen molar-refractivity contribution in [2.24, 2.45) is 0 Å². The van der Waals surface area contributed by atoms with Crippen molar-refractivity contribution in [2.45, 2.75) is 13.8 Å². The number of hydrogen-bond acceptors (Lipinski definition) is 6. The molecule has 0 unspecified atom stereocenters. The van der Waals surface area contributed by atoms with Gasteiger partial charge in [-0.3, -0.25) is 14.9 Å². The summed E-state index contributed by atoms with van der Waals surface area (Å²) < 4.78 is 11.1.